The highest BCUT2D eigenvalue weighted by atomic mass is 32.2. The Labute approximate surface area is 120 Å². The smallest absolute Gasteiger partial charge is 0.230 e. The van der Waals surface area contributed by atoms with Gasteiger partial charge in [-0.1, -0.05) is 24.8 Å². The maximum Gasteiger partial charge on any atom is 0.230 e. The lowest BCUT2D eigenvalue weighted by molar-refractivity contribution is -0.118. The molecule has 102 valence electrons. The minimum absolute atomic E-state index is 0.0347. The number of carbonyl (C=O) groups is 1. The summed E-state index contributed by atoms with van der Waals surface area (Å²) in [5.74, 6) is 1.25. The molecule has 0 fully saturated rings. The zero-order valence-corrected chi connectivity index (χ0v) is 12.6. The third-order valence-corrected chi connectivity index (χ3v) is 4.37. The van der Waals surface area contributed by atoms with E-state index >= 15 is 0 Å². The van der Waals surface area contributed by atoms with Crippen molar-refractivity contribution in [3.8, 4) is 10.7 Å². The van der Waals surface area contributed by atoms with Crippen molar-refractivity contribution >= 4 is 29.0 Å². The molecule has 0 aliphatic rings. The van der Waals surface area contributed by atoms with E-state index in [0.29, 0.717) is 5.75 Å². The van der Waals surface area contributed by atoms with E-state index in [9.17, 15) is 4.79 Å². The van der Waals surface area contributed by atoms with Gasteiger partial charge in [-0.25, -0.2) is 0 Å². The van der Waals surface area contributed by atoms with Gasteiger partial charge in [0, 0.05) is 13.6 Å². The quantitative estimate of drug-likeness (QED) is 0.830. The Hall–Kier alpha value is -1.34. The van der Waals surface area contributed by atoms with Crippen LogP contribution in [-0.4, -0.2) is 33.0 Å². The summed E-state index contributed by atoms with van der Waals surface area (Å²) in [5, 5.41) is 13.9. The summed E-state index contributed by atoms with van der Waals surface area (Å²) < 4.78 is 1.92. The van der Waals surface area contributed by atoms with E-state index in [4.69, 9.17) is 0 Å². The zero-order valence-electron chi connectivity index (χ0n) is 10.9. The molecule has 5 nitrogen and oxygen atoms in total. The number of nitrogens with one attached hydrogen (secondary N) is 1. The minimum atomic E-state index is 0.0347. The van der Waals surface area contributed by atoms with Crippen molar-refractivity contribution in [3.63, 3.8) is 0 Å². The Morgan fingerprint density at radius 2 is 2.37 bits per heavy atom. The van der Waals surface area contributed by atoms with Gasteiger partial charge in [0.1, 0.15) is 0 Å². The van der Waals surface area contributed by atoms with Gasteiger partial charge in [-0.15, -0.1) is 21.5 Å². The molecule has 19 heavy (non-hydrogen) atoms. The van der Waals surface area contributed by atoms with Crippen LogP contribution in [0.3, 0.4) is 0 Å². The molecule has 0 radical (unpaired) electrons. The maximum absolute atomic E-state index is 11.5. The van der Waals surface area contributed by atoms with Crippen LogP contribution in [0, 0.1) is 0 Å². The molecule has 0 saturated heterocycles. The molecule has 0 aliphatic carbocycles. The monoisotopic (exact) mass is 296 g/mol. The van der Waals surface area contributed by atoms with Gasteiger partial charge in [-0.05, 0) is 17.9 Å². The average Bonchev–Trinajstić information content (AvgIpc) is 3.03. The number of nitrogens with zero attached hydrogens (tertiary/aromatic N) is 3. The SMILES string of the molecule is CCCNC(=O)CSc1nnc(-c2cccs2)n1C. The summed E-state index contributed by atoms with van der Waals surface area (Å²) in [5.41, 5.74) is 0. The highest BCUT2D eigenvalue weighted by Gasteiger charge is 2.13. The van der Waals surface area contributed by atoms with Gasteiger partial charge in [-0.3, -0.25) is 4.79 Å². The fraction of sp³-hybridized carbons (Fsp3) is 0.417. The molecule has 2 rings (SSSR count). The first-order valence-electron chi connectivity index (χ1n) is 6.05. The zero-order chi connectivity index (χ0) is 13.7. The summed E-state index contributed by atoms with van der Waals surface area (Å²) >= 11 is 3.03. The van der Waals surface area contributed by atoms with Gasteiger partial charge in [0.05, 0.1) is 10.6 Å². The number of thiophene rings is 1. The summed E-state index contributed by atoms with van der Waals surface area (Å²) in [6.45, 7) is 2.75. The van der Waals surface area contributed by atoms with Gasteiger partial charge >= 0.3 is 0 Å². The molecule has 0 saturated carbocycles. The Balaban J connectivity index is 1.97. The fourth-order valence-electron chi connectivity index (χ4n) is 1.51. The number of aromatic nitrogens is 3. The van der Waals surface area contributed by atoms with Crippen LogP contribution in [-0.2, 0) is 11.8 Å². The van der Waals surface area contributed by atoms with Gasteiger partial charge in [0.25, 0.3) is 0 Å². The summed E-state index contributed by atoms with van der Waals surface area (Å²) in [6, 6.07) is 4.00. The third-order valence-electron chi connectivity index (χ3n) is 2.48. The molecular formula is C12H16N4OS2. The number of carbonyl (C=O) groups excluding carboxylic acids is 1. The van der Waals surface area contributed by atoms with Crippen LogP contribution in [0.4, 0.5) is 0 Å². The molecule has 0 aliphatic heterocycles. The summed E-state index contributed by atoms with van der Waals surface area (Å²) in [7, 11) is 1.92. The van der Waals surface area contributed by atoms with Crippen molar-refractivity contribution in [2.75, 3.05) is 12.3 Å². The van der Waals surface area contributed by atoms with Crippen LogP contribution in [0.2, 0.25) is 0 Å². The number of rotatable bonds is 6. The molecule has 0 aromatic carbocycles. The number of thioether (sulfide) groups is 1. The molecule has 1 amide bonds. The Kier molecular flexibility index (Phi) is 4.98. The van der Waals surface area contributed by atoms with E-state index in [-0.39, 0.29) is 5.91 Å². The van der Waals surface area contributed by atoms with Crippen molar-refractivity contribution in [3.05, 3.63) is 17.5 Å². The Morgan fingerprint density at radius 3 is 3.05 bits per heavy atom. The number of amides is 1. The maximum atomic E-state index is 11.5. The van der Waals surface area contributed by atoms with E-state index in [1.165, 1.54) is 11.8 Å². The minimum Gasteiger partial charge on any atom is -0.355 e. The van der Waals surface area contributed by atoms with E-state index in [1.54, 1.807) is 11.3 Å². The van der Waals surface area contributed by atoms with Gasteiger partial charge < -0.3 is 9.88 Å². The Morgan fingerprint density at radius 1 is 1.53 bits per heavy atom. The lowest BCUT2D eigenvalue weighted by Crippen LogP contribution is -2.25. The predicted octanol–water partition coefficient (Wildman–Crippen LogP) is 2.16. The first kappa shape index (κ1) is 14.1. The highest BCUT2D eigenvalue weighted by molar-refractivity contribution is 7.99. The molecule has 2 aromatic heterocycles. The van der Waals surface area contributed by atoms with Crippen molar-refractivity contribution in [1.29, 1.82) is 0 Å². The largest absolute Gasteiger partial charge is 0.355 e. The molecule has 0 spiro atoms. The van der Waals surface area contributed by atoms with Crippen molar-refractivity contribution in [1.82, 2.24) is 20.1 Å². The number of hydrogen-bond acceptors (Lipinski definition) is 5. The van der Waals surface area contributed by atoms with Crippen LogP contribution in [0.15, 0.2) is 22.7 Å². The lowest BCUT2D eigenvalue weighted by atomic mass is 10.4. The van der Waals surface area contributed by atoms with E-state index in [0.717, 1.165) is 28.8 Å². The molecule has 0 unspecified atom stereocenters. The van der Waals surface area contributed by atoms with E-state index in [2.05, 4.69) is 15.5 Å². The van der Waals surface area contributed by atoms with Crippen molar-refractivity contribution in [2.24, 2.45) is 7.05 Å². The highest BCUT2D eigenvalue weighted by Crippen LogP contribution is 2.25. The van der Waals surface area contributed by atoms with E-state index in [1.807, 2.05) is 36.1 Å². The molecule has 0 atom stereocenters. The Bertz CT molecular complexity index is 536. The normalized spacial score (nSPS) is 10.6. The summed E-state index contributed by atoms with van der Waals surface area (Å²) in [6.07, 6.45) is 0.947. The molecule has 1 N–H and O–H groups in total. The van der Waals surface area contributed by atoms with Crippen molar-refractivity contribution < 1.29 is 4.79 Å². The first-order chi connectivity index (χ1) is 9.22. The molecule has 0 bridgehead atoms. The fourth-order valence-corrected chi connectivity index (χ4v) is 2.99. The van der Waals surface area contributed by atoms with Crippen LogP contribution in [0.25, 0.3) is 10.7 Å². The second-order valence-corrected chi connectivity index (χ2v) is 5.87. The second kappa shape index (κ2) is 6.72. The van der Waals surface area contributed by atoms with Gasteiger partial charge in [-0.2, -0.15) is 0 Å². The predicted molar refractivity (Wildman–Crippen MR) is 78.3 cm³/mol. The summed E-state index contributed by atoms with van der Waals surface area (Å²) in [4.78, 5) is 12.6. The van der Waals surface area contributed by atoms with Gasteiger partial charge in [0.15, 0.2) is 11.0 Å². The molecule has 2 heterocycles. The standard InChI is InChI=1S/C12H16N4OS2/c1-3-6-13-10(17)8-19-12-15-14-11(16(12)2)9-5-4-7-18-9/h4-5,7H,3,6,8H2,1-2H3,(H,13,17). The van der Waals surface area contributed by atoms with Crippen LogP contribution < -0.4 is 5.32 Å². The van der Waals surface area contributed by atoms with Crippen LogP contribution in [0.1, 0.15) is 13.3 Å². The third kappa shape index (κ3) is 3.57. The first-order valence-corrected chi connectivity index (χ1v) is 7.91. The van der Waals surface area contributed by atoms with Crippen LogP contribution in [0.5, 0.6) is 0 Å². The van der Waals surface area contributed by atoms with E-state index < -0.39 is 0 Å². The van der Waals surface area contributed by atoms with Gasteiger partial charge in [0.2, 0.25) is 5.91 Å². The lowest BCUT2D eigenvalue weighted by Gasteiger charge is -2.03. The second-order valence-electron chi connectivity index (χ2n) is 3.98. The van der Waals surface area contributed by atoms with Crippen molar-refractivity contribution in [2.45, 2.75) is 18.5 Å². The number of hydrogen-bond donors (Lipinski definition) is 1. The van der Waals surface area contributed by atoms with Crippen LogP contribution >= 0.6 is 23.1 Å². The topological polar surface area (TPSA) is 59.8 Å². The molecule has 2 aromatic rings. The average molecular weight is 296 g/mol. The molecule has 7 heteroatoms. The molecular weight excluding hydrogens is 280 g/mol.